The largest absolute Gasteiger partial charge is 0.494 e. The van der Waals surface area contributed by atoms with Crippen LogP contribution in [0.2, 0.25) is 5.02 Å². The van der Waals surface area contributed by atoms with Crippen molar-refractivity contribution in [3.8, 4) is 17.0 Å². The Hall–Kier alpha value is -3.89. The number of para-hydroxylation sites is 1. The van der Waals surface area contributed by atoms with Gasteiger partial charge in [0, 0.05) is 47.9 Å². The van der Waals surface area contributed by atoms with E-state index in [0.29, 0.717) is 40.9 Å². The van der Waals surface area contributed by atoms with Gasteiger partial charge in [0.05, 0.1) is 34.6 Å². The Morgan fingerprint density at radius 2 is 2.03 bits per heavy atom. The summed E-state index contributed by atoms with van der Waals surface area (Å²) < 4.78 is 5.48. The summed E-state index contributed by atoms with van der Waals surface area (Å²) >= 11 is 6.42. The Labute approximate surface area is 201 Å². The van der Waals surface area contributed by atoms with Gasteiger partial charge in [0.25, 0.3) is 5.69 Å². The molecule has 0 bridgehead atoms. The van der Waals surface area contributed by atoms with E-state index < -0.39 is 4.92 Å². The summed E-state index contributed by atoms with van der Waals surface area (Å²) in [6.45, 7) is 1.26. The molecule has 0 aliphatic carbocycles. The molecule has 3 N–H and O–H groups in total. The second kappa shape index (κ2) is 9.94. The number of nitrogens with one attached hydrogen (secondary N) is 3. The molecule has 10 nitrogen and oxygen atoms in total. The van der Waals surface area contributed by atoms with E-state index in [2.05, 4.69) is 25.6 Å². The molecule has 2 aromatic carbocycles. The first-order valence-electron chi connectivity index (χ1n) is 10.5. The molecular weight excluding hydrogens is 458 g/mol. The number of fused-ring (bicyclic) bond motifs is 1. The molecule has 0 saturated carbocycles. The molecule has 2 aromatic heterocycles. The van der Waals surface area contributed by atoms with Crippen molar-refractivity contribution in [3.05, 3.63) is 63.9 Å². The first kappa shape index (κ1) is 23.3. The highest BCUT2D eigenvalue weighted by Gasteiger charge is 2.20. The average Bonchev–Trinajstić information content (AvgIpc) is 3.24. The molecule has 11 heteroatoms. The topological polar surface area (TPSA) is 121 Å². The number of aromatic amines is 1. The van der Waals surface area contributed by atoms with Gasteiger partial charge in [0.2, 0.25) is 5.95 Å². The smallest absolute Gasteiger partial charge is 0.294 e. The molecule has 0 radical (unpaired) electrons. The van der Waals surface area contributed by atoms with Crippen molar-refractivity contribution in [2.75, 3.05) is 44.9 Å². The van der Waals surface area contributed by atoms with Crippen molar-refractivity contribution in [2.45, 2.75) is 0 Å². The van der Waals surface area contributed by atoms with Crippen molar-refractivity contribution in [3.63, 3.8) is 0 Å². The molecule has 0 amide bonds. The average molecular weight is 482 g/mol. The minimum atomic E-state index is -0.442. The highest BCUT2D eigenvalue weighted by molar-refractivity contribution is 6.33. The van der Waals surface area contributed by atoms with Crippen LogP contribution in [0.1, 0.15) is 0 Å². The highest BCUT2D eigenvalue weighted by atomic mass is 35.5. The van der Waals surface area contributed by atoms with Crippen LogP contribution in [0.5, 0.6) is 5.75 Å². The predicted molar refractivity (Wildman–Crippen MR) is 134 cm³/mol. The number of hydrogen-bond donors (Lipinski definition) is 3. The molecule has 176 valence electrons. The van der Waals surface area contributed by atoms with Crippen LogP contribution >= 0.6 is 11.6 Å². The maximum Gasteiger partial charge on any atom is 0.294 e. The van der Waals surface area contributed by atoms with Crippen molar-refractivity contribution < 1.29 is 9.66 Å². The van der Waals surface area contributed by atoms with Crippen LogP contribution in [0.25, 0.3) is 22.2 Å². The van der Waals surface area contributed by atoms with Crippen molar-refractivity contribution in [1.29, 1.82) is 0 Å². The van der Waals surface area contributed by atoms with E-state index in [9.17, 15) is 10.1 Å². The lowest BCUT2D eigenvalue weighted by atomic mass is 10.1. The maximum absolute atomic E-state index is 11.7. The summed E-state index contributed by atoms with van der Waals surface area (Å²) in [5.41, 5.74) is 2.95. The third-order valence-electron chi connectivity index (χ3n) is 5.22. The molecule has 0 unspecified atom stereocenters. The summed E-state index contributed by atoms with van der Waals surface area (Å²) in [7, 11) is 5.36. The zero-order valence-corrected chi connectivity index (χ0v) is 19.7. The summed E-state index contributed by atoms with van der Waals surface area (Å²) in [5, 5.41) is 19.2. The van der Waals surface area contributed by atoms with E-state index in [1.165, 1.54) is 19.4 Å². The Morgan fingerprint density at radius 1 is 1.24 bits per heavy atom. The minimum absolute atomic E-state index is 0.0899. The zero-order chi connectivity index (χ0) is 24.2. The fourth-order valence-electron chi connectivity index (χ4n) is 3.55. The van der Waals surface area contributed by atoms with E-state index >= 15 is 0 Å². The lowest BCUT2D eigenvalue weighted by molar-refractivity contribution is -0.383. The first-order chi connectivity index (χ1) is 16.4. The highest BCUT2D eigenvalue weighted by Crippen LogP contribution is 2.38. The Morgan fingerprint density at radius 3 is 2.76 bits per heavy atom. The van der Waals surface area contributed by atoms with Gasteiger partial charge in [-0.2, -0.15) is 0 Å². The number of nitrogens with zero attached hydrogens (tertiary/aromatic N) is 4. The Balaban J connectivity index is 1.69. The summed E-state index contributed by atoms with van der Waals surface area (Å²) in [6, 6.07) is 10.8. The molecule has 2 heterocycles. The molecule has 34 heavy (non-hydrogen) atoms. The van der Waals surface area contributed by atoms with E-state index in [-0.39, 0.29) is 11.6 Å². The number of benzene rings is 2. The van der Waals surface area contributed by atoms with Gasteiger partial charge in [0.1, 0.15) is 11.4 Å². The minimum Gasteiger partial charge on any atom is -0.494 e. The van der Waals surface area contributed by atoms with Gasteiger partial charge in [-0.25, -0.2) is 9.97 Å². The lowest BCUT2D eigenvalue weighted by Crippen LogP contribution is -2.21. The standard InChI is InChI=1S/C23H24ClN7O3/c1-30(2)9-8-25-18-11-21(34-3)19(10-20(18)31(32)33)28-23-27-13-16(24)22(29-23)15-12-26-17-7-5-4-6-14(15)17/h4-7,10-13,25-26H,8-9H2,1-3H3,(H,27,28,29). The van der Waals surface area contributed by atoms with Crippen LogP contribution < -0.4 is 15.4 Å². The molecule has 0 atom stereocenters. The van der Waals surface area contributed by atoms with Gasteiger partial charge in [-0.1, -0.05) is 29.8 Å². The normalized spacial score (nSPS) is 11.1. The number of methoxy groups -OCH3 is 1. The Kier molecular flexibility index (Phi) is 6.80. The number of likely N-dealkylation sites (N-methyl/N-ethyl adjacent to an activating group) is 1. The van der Waals surface area contributed by atoms with Gasteiger partial charge in [-0.3, -0.25) is 10.1 Å². The van der Waals surface area contributed by atoms with Crippen LogP contribution in [0.4, 0.5) is 23.0 Å². The molecule has 0 aliphatic rings. The number of anilines is 3. The van der Waals surface area contributed by atoms with Crippen LogP contribution in [0.3, 0.4) is 0 Å². The molecule has 4 rings (SSSR count). The van der Waals surface area contributed by atoms with E-state index in [4.69, 9.17) is 16.3 Å². The van der Waals surface area contributed by atoms with Gasteiger partial charge in [0.15, 0.2) is 0 Å². The first-order valence-corrected chi connectivity index (χ1v) is 10.9. The fraction of sp³-hybridized carbons (Fsp3) is 0.217. The number of halogens is 1. The van der Waals surface area contributed by atoms with Crippen LogP contribution in [0.15, 0.2) is 48.8 Å². The molecule has 0 fully saturated rings. The number of aromatic nitrogens is 3. The number of nitro benzene ring substituents is 1. The predicted octanol–water partition coefficient (Wildman–Crippen LogP) is 4.91. The number of hydrogen-bond acceptors (Lipinski definition) is 8. The van der Waals surface area contributed by atoms with E-state index in [1.54, 1.807) is 6.07 Å². The monoisotopic (exact) mass is 481 g/mol. The maximum atomic E-state index is 11.7. The summed E-state index contributed by atoms with van der Waals surface area (Å²) in [5.74, 6) is 0.635. The SMILES string of the molecule is COc1cc(NCCN(C)C)c([N+](=O)[O-])cc1Nc1ncc(Cl)c(-c2c[nH]c3ccccc23)n1. The van der Waals surface area contributed by atoms with Gasteiger partial charge >= 0.3 is 0 Å². The molecule has 0 aliphatic heterocycles. The van der Waals surface area contributed by atoms with Gasteiger partial charge in [-0.15, -0.1) is 0 Å². The van der Waals surface area contributed by atoms with Crippen LogP contribution in [0, 0.1) is 10.1 Å². The quantitative estimate of drug-likeness (QED) is 0.228. The number of rotatable bonds is 9. The molecule has 0 spiro atoms. The molecular formula is C23H24ClN7O3. The third-order valence-corrected chi connectivity index (χ3v) is 5.50. The fourth-order valence-corrected chi connectivity index (χ4v) is 3.74. The number of H-pyrrole nitrogens is 1. The van der Waals surface area contributed by atoms with Crippen LogP contribution in [-0.2, 0) is 0 Å². The van der Waals surface area contributed by atoms with Crippen LogP contribution in [-0.4, -0.2) is 59.1 Å². The van der Waals surface area contributed by atoms with Crippen molar-refractivity contribution in [1.82, 2.24) is 19.9 Å². The summed E-state index contributed by atoms with van der Waals surface area (Å²) in [4.78, 5) is 25.3. The number of ether oxygens (including phenoxy) is 1. The van der Waals surface area contributed by atoms with E-state index in [1.807, 2.05) is 49.5 Å². The molecule has 4 aromatic rings. The van der Waals surface area contributed by atoms with Crippen molar-refractivity contribution in [2.24, 2.45) is 0 Å². The molecule has 0 saturated heterocycles. The third kappa shape index (κ3) is 4.87. The van der Waals surface area contributed by atoms with Gasteiger partial charge in [-0.05, 0) is 20.2 Å². The Bertz CT molecular complexity index is 1340. The zero-order valence-electron chi connectivity index (χ0n) is 18.9. The van der Waals surface area contributed by atoms with E-state index in [0.717, 1.165) is 16.5 Å². The van der Waals surface area contributed by atoms with Gasteiger partial charge < -0.3 is 25.3 Å². The second-order valence-electron chi connectivity index (χ2n) is 7.82. The summed E-state index contributed by atoms with van der Waals surface area (Å²) in [6.07, 6.45) is 3.33. The van der Waals surface area contributed by atoms with Crippen molar-refractivity contribution >= 4 is 45.5 Å². The lowest BCUT2D eigenvalue weighted by Gasteiger charge is -2.15. The second-order valence-corrected chi connectivity index (χ2v) is 8.23. The number of nitro groups is 1.